The van der Waals surface area contributed by atoms with Crippen molar-refractivity contribution in [1.82, 2.24) is 0 Å². The number of aryl methyl sites for hydroxylation is 2. The van der Waals surface area contributed by atoms with Crippen LogP contribution in [0.3, 0.4) is 0 Å². The number of hydrogen-bond acceptors (Lipinski definition) is 0. The van der Waals surface area contributed by atoms with Crippen molar-refractivity contribution < 1.29 is 0 Å². The van der Waals surface area contributed by atoms with Crippen molar-refractivity contribution in [3.05, 3.63) is 47.5 Å². The summed E-state index contributed by atoms with van der Waals surface area (Å²) in [5.74, 6) is 0. The highest BCUT2D eigenvalue weighted by Crippen LogP contribution is 2.19. The Labute approximate surface area is 107 Å². The van der Waals surface area contributed by atoms with Crippen molar-refractivity contribution in [3.8, 4) is 0 Å². The van der Waals surface area contributed by atoms with Gasteiger partial charge >= 0.3 is 0 Å². The Morgan fingerprint density at radius 1 is 0.882 bits per heavy atom. The highest BCUT2D eigenvalue weighted by molar-refractivity contribution is 5.86. The van der Waals surface area contributed by atoms with Gasteiger partial charge in [-0.1, -0.05) is 76.1 Å². The minimum atomic E-state index is 1.25. The lowest BCUT2D eigenvalue weighted by atomic mass is 10.0. The average molecular weight is 230 g/mol. The van der Waals surface area contributed by atoms with E-state index in [9.17, 15) is 0 Å². The predicted molar refractivity (Wildman–Crippen MR) is 80.7 cm³/mol. The Hall–Kier alpha value is -1.30. The third-order valence-electron chi connectivity index (χ3n) is 2.21. The fourth-order valence-corrected chi connectivity index (χ4v) is 1.69. The fourth-order valence-electron chi connectivity index (χ4n) is 1.69. The van der Waals surface area contributed by atoms with E-state index >= 15 is 0 Å². The molecule has 2 aromatic carbocycles. The Morgan fingerprint density at radius 3 is 2.00 bits per heavy atom. The molecule has 0 radical (unpaired) electrons. The van der Waals surface area contributed by atoms with Crippen LogP contribution in [0.1, 0.15) is 45.2 Å². The summed E-state index contributed by atoms with van der Waals surface area (Å²) in [6.45, 7) is 12.6. The number of rotatable bonds is 0. The van der Waals surface area contributed by atoms with Crippen LogP contribution in [-0.4, -0.2) is 0 Å². The monoisotopic (exact) mass is 230 g/mol. The molecule has 0 aliphatic carbocycles. The summed E-state index contributed by atoms with van der Waals surface area (Å²) >= 11 is 0. The van der Waals surface area contributed by atoms with Gasteiger partial charge < -0.3 is 0 Å². The molecule has 0 saturated carbocycles. The van der Waals surface area contributed by atoms with Crippen molar-refractivity contribution in [2.45, 2.75) is 48.0 Å². The van der Waals surface area contributed by atoms with Crippen molar-refractivity contribution in [3.63, 3.8) is 0 Å². The van der Waals surface area contributed by atoms with Gasteiger partial charge in [-0.3, -0.25) is 0 Å². The molecule has 0 amide bonds. The maximum atomic E-state index is 2.22. The molecule has 0 saturated heterocycles. The molecule has 2 aromatic rings. The summed E-state index contributed by atoms with van der Waals surface area (Å²) in [5, 5.41) is 2.71. The molecule has 0 aliphatic rings. The lowest BCUT2D eigenvalue weighted by molar-refractivity contribution is 1.09. The zero-order chi connectivity index (χ0) is 13.3. The van der Waals surface area contributed by atoms with Crippen molar-refractivity contribution in [1.29, 1.82) is 0 Å². The SMILES string of the molecule is CC.CCC.Cc1cc(C)c2ccccc2c1. The highest BCUT2D eigenvalue weighted by Gasteiger charge is 1.95. The second kappa shape index (κ2) is 8.81. The second-order valence-electron chi connectivity index (χ2n) is 4.01. The smallest absolute Gasteiger partial charge is 0.0155 e. The maximum Gasteiger partial charge on any atom is -0.0155 e. The van der Waals surface area contributed by atoms with Gasteiger partial charge in [0.25, 0.3) is 0 Å². The van der Waals surface area contributed by atoms with Crippen LogP contribution in [0.2, 0.25) is 0 Å². The normalized spacial score (nSPS) is 8.82. The van der Waals surface area contributed by atoms with Gasteiger partial charge in [-0.25, -0.2) is 0 Å². The molecule has 0 unspecified atom stereocenters. The first-order valence-electron chi connectivity index (χ1n) is 6.65. The van der Waals surface area contributed by atoms with Crippen LogP contribution in [0.15, 0.2) is 36.4 Å². The number of hydrogen-bond donors (Lipinski definition) is 0. The molecule has 0 N–H and O–H groups in total. The van der Waals surface area contributed by atoms with Gasteiger partial charge in [0.1, 0.15) is 0 Å². The largest absolute Gasteiger partial charge is 0.0683 e. The molecule has 2 rings (SSSR count). The van der Waals surface area contributed by atoms with Crippen LogP contribution < -0.4 is 0 Å². The first-order chi connectivity index (χ1) is 8.19. The van der Waals surface area contributed by atoms with Gasteiger partial charge in [-0.05, 0) is 30.2 Å². The summed E-state index contributed by atoms with van der Waals surface area (Å²) < 4.78 is 0. The molecule has 0 aliphatic heterocycles. The van der Waals surface area contributed by atoms with Gasteiger partial charge in [0.05, 0.1) is 0 Å². The first kappa shape index (κ1) is 15.7. The predicted octanol–water partition coefficient (Wildman–Crippen LogP) is 5.90. The Balaban J connectivity index is 0.000000450. The average Bonchev–Trinajstić information content (AvgIpc) is 2.32. The Kier molecular flexibility index (Phi) is 8.13. The summed E-state index contributed by atoms with van der Waals surface area (Å²) in [6, 6.07) is 13.0. The molecule has 0 spiro atoms. The maximum absolute atomic E-state index is 2.22. The van der Waals surface area contributed by atoms with Crippen LogP contribution in [-0.2, 0) is 0 Å². The van der Waals surface area contributed by atoms with Crippen LogP contribution >= 0.6 is 0 Å². The van der Waals surface area contributed by atoms with E-state index < -0.39 is 0 Å². The summed E-state index contributed by atoms with van der Waals surface area (Å²) in [6.07, 6.45) is 1.25. The van der Waals surface area contributed by atoms with E-state index in [1.165, 1.54) is 28.3 Å². The number of fused-ring (bicyclic) bond motifs is 1. The molecule has 0 fully saturated rings. The zero-order valence-electron chi connectivity index (χ0n) is 12.2. The quantitative estimate of drug-likeness (QED) is 0.528. The Morgan fingerprint density at radius 2 is 1.41 bits per heavy atom. The molecule has 0 atom stereocenters. The third-order valence-corrected chi connectivity index (χ3v) is 2.21. The van der Waals surface area contributed by atoms with Crippen LogP contribution in [0, 0.1) is 13.8 Å². The van der Waals surface area contributed by atoms with Gasteiger partial charge in [0.2, 0.25) is 0 Å². The van der Waals surface area contributed by atoms with E-state index in [0.717, 1.165) is 0 Å². The Bertz CT molecular complexity index is 427. The van der Waals surface area contributed by atoms with E-state index in [1.54, 1.807) is 0 Å². The fraction of sp³-hybridized carbons (Fsp3) is 0.412. The standard InChI is InChI=1S/C12H12.C3H8.C2H6/c1-9-7-10(2)12-6-4-3-5-11(12)8-9;1-3-2;1-2/h3-8H,1-2H3;3H2,1-2H3;1-2H3. The van der Waals surface area contributed by atoms with Crippen LogP contribution in [0.25, 0.3) is 10.8 Å². The van der Waals surface area contributed by atoms with Gasteiger partial charge in [-0.15, -0.1) is 0 Å². The highest BCUT2D eigenvalue weighted by atomic mass is 14.0. The summed E-state index contributed by atoms with van der Waals surface area (Å²) in [7, 11) is 0. The zero-order valence-corrected chi connectivity index (χ0v) is 12.2. The van der Waals surface area contributed by atoms with Crippen molar-refractivity contribution in [2.75, 3.05) is 0 Å². The lowest BCUT2D eigenvalue weighted by Gasteiger charge is -2.02. The molecular weight excluding hydrogens is 204 g/mol. The molecule has 0 bridgehead atoms. The van der Waals surface area contributed by atoms with E-state index in [-0.39, 0.29) is 0 Å². The van der Waals surface area contributed by atoms with E-state index in [2.05, 4.69) is 64.1 Å². The van der Waals surface area contributed by atoms with Gasteiger partial charge in [-0.2, -0.15) is 0 Å². The topological polar surface area (TPSA) is 0 Å². The van der Waals surface area contributed by atoms with Gasteiger partial charge in [0, 0.05) is 0 Å². The van der Waals surface area contributed by atoms with E-state index in [1.807, 2.05) is 13.8 Å². The molecule has 0 nitrogen and oxygen atoms in total. The third kappa shape index (κ3) is 5.04. The molecule has 0 heterocycles. The molecule has 94 valence electrons. The minimum Gasteiger partial charge on any atom is -0.0683 e. The second-order valence-corrected chi connectivity index (χ2v) is 4.01. The van der Waals surface area contributed by atoms with Crippen LogP contribution in [0.5, 0.6) is 0 Å². The minimum absolute atomic E-state index is 1.25. The number of benzene rings is 2. The molecular formula is C17H26. The summed E-state index contributed by atoms with van der Waals surface area (Å²) in [4.78, 5) is 0. The first-order valence-corrected chi connectivity index (χ1v) is 6.65. The van der Waals surface area contributed by atoms with E-state index in [4.69, 9.17) is 0 Å². The van der Waals surface area contributed by atoms with Gasteiger partial charge in [0.15, 0.2) is 0 Å². The molecule has 17 heavy (non-hydrogen) atoms. The lowest BCUT2D eigenvalue weighted by Crippen LogP contribution is -1.80. The van der Waals surface area contributed by atoms with Crippen LogP contribution in [0.4, 0.5) is 0 Å². The van der Waals surface area contributed by atoms with Crippen molar-refractivity contribution >= 4 is 10.8 Å². The van der Waals surface area contributed by atoms with Crippen molar-refractivity contribution in [2.24, 2.45) is 0 Å². The molecule has 0 aromatic heterocycles. The summed E-state index contributed by atoms with van der Waals surface area (Å²) in [5.41, 5.74) is 2.71. The van der Waals surface area contributed by atoms with E-state index in [0.29, 0.717) is 0 Å². The molecule has 0 heteroatoms.